The quantitative estimate of drug-likeness (QED) is 0.687. The highest BCUT2D eigenvalue weighted by atomic mass is 19.4. The van der Waals surface area contributed by atoms with E-state index in [1.807, 2.05) is 6.92 Å². The third-order valence-corrected chi connectivity index (χ3v) is 4.69. The molecule has 0 amide bonds. The van der Waals surface area contributed by atoms with Gasteiger partial charge in [0, 0.05) is 12.1 Å². The van der Waals surface area contributed by atoms with Crippen LogP contribution >= 0.6 is 0 Å². The highest BCUT2D eigenvalue weighted by molar-refractivity contribution is 5.90. The van der Waals surface area contributed by atoms with Crippen LogP contribution in [0.3, 0.4) is 0 Å². The number of hydrogen-bond donors (Lipinski definition) is 0. The largest absolute Gasteiger partial charge is 0.467 e. The summed E-state index contributed by atoms with van der Waals surface area (Å²) in [5.74, 6) is -0.0289. The van der Waals surface area contributed by atoms with Gasteiger partial charge >= 0.3 is 12.1 Å². The number of methoxy groups -OCH3 is 1. The number of nitrogens with zero attached hydrogens (tertiary/aromatic N) is 1. The van der Waals surface area contributed by atoms with Crippen LogP contribution in [0.25, 0.3) is 0 Å². The van der Waals surface area contributed by atoms with Crippen LogP contribution in [0.1, 0.15) is 53.1 Å². The normalized spacial score (nSPS) is 15.9. The number of hydrogen-bond acceptors (Lipinski definition) is 4. The van der Waals surface area contributed by atoms with Crippen molar-refractivity contribution in [3.63, 3.8) is 0 Å². The molecule has 1 aromatic heterocycles. The first-order valence-corrected chi connectivity index (χ1v) is 8.39. The Balaban J connectivity index is 1.85. The van der Waals surface area contributed by atoms with Crippen molar-refractivity contribution in [2.24, 2.45) is 0 Å². The van der Waals surface area contributed by atoms with Gasteiger partial charge in [0.05, 0.1) is 25.5 Å². The van der Waals surface area contributed by atoms with Crippen LogP contribution in [0.4, 0.5) is 13.2 Å². The fraction of sp³-hybridized carbons (Fsp3) is 0.421. The van der Waals surface area contributed by atoms with E-state index >= 15 is 0 Å². The molecule has 2 aromatic rings. The van der Waals surface area contributed by atoms with Crippen LogP contribution in [-0.4, -0.2) is 24.0 Å². The first kappa shape index (κ1) is 18.5. The third kappa shape index (κ3) is 3.93. The third-order valence-electron chi connectivity index (χ3n) is 4.69. The van der Waals surface area contributed by atoms with E-state index in [9.17, 15) is 18.0 Å². The van der Waals surface area contributed by atoms with Crippen molar-refractivity contribution in [3.05, 3.63) is 59.0 Å². The van der Waals surface area contributed by atoms with Gasteiger partial charge in [-0.1, -0.05) is 12.1 Å². The maximum absolute atomic E-state index is 13.0. The molecule has 1 saturated carbocycles. The van der Waals surface area contributed by atoms with Gasteiger partial charge < -0.3 is 9.15 Å². The lowest BCUT2D eigenvalue weighted by Gasteiger charge is -2.29. The van der Waals surface area contributed by atoms with Gasteiger partial charge in [-0.25, -0.2) is 4.79 Å². The van der Waals surface area contributed by atoms with Crippen molar-refractivity contribution < 1.29 is 27.1 Å². The molecule has 1 heterocycles. The molecule has 7 heteroatoms. The molecule has 0 bridgehead atoms. The Morgan fingerprint density at radius 3 is 2.69 bits per heavy atom. The summed E-state index contributed by atoms with van der Waals surface area (Å²) in [4.78, 5) is 13.9. The number of alkyl halides is 3. The number of carbonyl (C=O) groups excluding carboxylic acids is 1. The molecule has 4 nitrogen and oxygen atoms in total. The van der Waals surface area contributed by atoms with Gasteiger partial charge in [-0.15, -0.1) is 0 Å². The SMILES string of the molecule is COC(=O)c1ccoc1CN(C1CC1)C(C)c1cccc(C(F)(F)F)c1. The van der Waals surface area contributed by atoms with E-state index in [-0.39, 0.29) is 12.1 Å². The summed E-state index contributed by atoms with van der Waals surface area (Å²) in [7, 11) is 1.29. The van der Waals surface area contributed by atoms with Crippen LogP contribution in [-0.2, 0) is 17.5 Å². The maximum Gasteiger partial charge on any atom is 0.416 e. The number of rotatable bonds is 6. The Kier molecular flexibility index (Phi) is 5.09. The van der Waals surface area contributed by atoms with Crippen molar-refractivity contribution in [1.29, 1.82) is 0 Å². The van der Waals surface area contributed by atoms with Gasteiger partial charge in [0.1, 0.15) is 11.3 Å². The molecule has 1 unspecified atom stereocenters. The molecule has 1 fully saturated rings. The number of benzene rings is 1. The van der Waals surface area contributed by atoms with E-state index in [2.05, 4.69) is 4.90 Å². The molecule has 1 atom stereocenters. The van der Waals surface area contributed by atoms with Gasteiger partial charge in [-0.2, -0.15) is 13.2 Å². The molecular formula is C19H20F3NO3. The lowest BCUT2D eigenvalue weighted by molar-refractivity contribution is -0.137. The predicted octanol–water partition coefficient (Wildman–Crippen LogP) is 4.81. The maximum atomic E-state index is 13.0. The molecule has 3 rings (SSSR count). The zero-order chi connectivity index (χ0) is 18.9. The molecule has 26 heavy (non-hydrogen) atoms. The molecule has 0 saturated heterocycles. The van der Waals surface area contributed by atoms with Crippen LogP contribution in [0.2, 0.25) is 0 Å². The molecule has 0 N–H and O–H groups in total. The summed E-state index contributed by atoms with van der Waals surface area (Å²) in [5.41, 5.74) is 0.262. The minimum Gasteiger partial charge on any atom is -0.467 e. The van der Waals surface area contributed by atoms with Gasteiger partial charge in [-0.05, 0) is 43.5 Å². The van der Waals surface area contributed by atoms with E-state index in [0.717, 1.165) is 18.9 Å². The van der Waals surface area contributed by atoms with Crippen molar-refractivity contribution >= 4 is 5.97 Å². The number of esters is 1. The van der Waals surface area contributed by atoms with Crippen molar-refractivity contribution in [2.75, 3.05) is 7.11 Å². The second-order valence-electron chi connectivity index (χ2n) is 6.45. The van der Waals surface area contributed by atoms with E-state index in [4.69, 9.17) is 9.15 Å². The average molecular weight is 367 g/mol. The van der Waals surface area contributed by atoms with Gasteiger partial charge in [0.25, 0.3) is 0 Å². The monoisotopic (exact) mass is 367 g/mol. The fourth-order valence-corrected chi connectivity index (χ4v) is 3.08. The Labute approximate surface area is 149 Å². The summed E-state index contributed by atoms with van der Waals surface area (Å²) in [6.45, 7) is 2.20. The van der Waals surface area contributed by atoms with Gasteiger partial charge in [0.15, 0.2) is 0 Å². The lowest BCUT2D eigenvalue weighted by atomic mass is 10.0. The fourth-order valence-electron chi connectivity index (χ4n) is 3.08. The minimum absolute atomic E-state index is 0.250. The number of ether oxygens (including phenoxy) is 1. The molecule has 1 aliphatic rings. The molecule has 1 aromatic carbocycles. The number of furan rings is 1. The topological polar surface area (TPSA) is 42.7 Å². The minimum atomic E-state index is -4.38. The Morgan fingerprint density at radius 1 is 1.35 bits per heavy atom. The summed E-state index contributed by atoms with van der Waals surface area (Å²) in [6, 6.07) is 6.92. The highest BCUT2D eigenvalue weighted by Crippen LogP contribution is 2.38. The summed E-state index contributed by atoms with van der Waals surface area (Å²) < 4.78 is 49.2. The Hall–Kier alpha value is -2.28. The van der Waals surface area contributed by atoms with E-state index in [1.165, 1.54) is 25.5 Å². The van der Waals surface area contributed by atoms with Gasteiger partial charge in [-0.3, -0.25) is 4.90 Å². The number of carbonyl (C=O) groups is 1. The van der Waals surface area contributed by atoms with Crippen molar-refractivity contribution in [3.8, 4) is 0 Å². The smallest absolute Gasteiger partial charge is 0.416 e. The summed E-state index contributed by atoms with van der Waals surface area (Å²) in [5, 5.41) is 0. The first-order chi connectivity index (χ1) is 12.3. The lowest BCUT2D eigenvalue weighted by Crippen LogP contribution is -2.29. The second kappa shape index (κ2) is 7.15. The van der Waals surface area contributed by atoms with Crippen LogP contribution in [0, 0.1) is 0 Å². The zero-order valence-electron chi connectivity index (χ0n) is 14.5. The predicted molar refractivity (Wildman–Crippen MR) is 88.5 cm³/mol. The van der Waals surface area contributed by atoms with Crippen LogP contribution < -0.4 is 0 Å². The average Bonchev–Trinajstić information content (AvgIpc) is 3.35. The van der Waals surface area contributed by atoms with E-state index in [1.54, 1.807) is 12.1 Å². The van der Waals surface area contributed by atoms with Gasteiger partial charge in [0.2, 0.25) is 0 Å². The number of halogens is 3. The highest BCUT2D eigenvalue weighted by Gasteiger charge is 2.36. The van der Waals surface area contributed by atoms with Crippen molar-refractivity contribution in [1.82, 2.24) is 4.90 Å². The molecule has 0 aliphatic heterocycles. The van der Waals surface area contributed by atoms with Crippen LogP contribution in [0.15, 0.2) is 41.0 Å². The Morgan fingerprint density at radius 2 is 2.08 bits per heavy atom. The summed E-state index contributed by atoms with van der Waals surface area (Å²) in [6.07, 6.45) is -1.02. The Bertz CT molecular complexity index is 780. The van der Waals surface area contributed by atoms with Crippen LogP contribution in [0.5, 0.6) is 0 Å². The molecule has 0 spiro atoms. The molecular weight excluding hydrogens is 347 g/mol. The molecule has 0 radical (unpaired) electrons. The summed E-state index contributed by atoms with van der Waals surface area (Å²) >= 11 is 0. The van der Waals surface area contributed by atoms with Crippen molar-refractivity contribution in [2.45, 2.75) is 44.6 Å². The zero-order valence-corrected chi connectivity index (χ0v) is 14.5. The molecule has 1 aliphatic carbocycles. The van der Waals surface area contributed by atoms with E-state index in [0.29, 0.717) is 23.4 Å². The second-order valence-corrected chi connectivity index (χ2v) is 6.45. The standard InChI is InChI=1S/C19H20F3NO3/c1-12(13-4-3-5-14(10-13)19(20,21)22)23(15-6-7-15)11-17-16(8-9-26-17)18(24)25-2/h3-5,8-10,12,15H,6-7,11H2,1-2H3. The molecule has 140 valence electrons. The first-order valence-electron chi connectivity index (χ1n) is 8.39. The van der Waals surface area contributed by atoms with E-state index < -0.39 is 17.7 Å².